The minimum absolute atomic E-state index is 0.0319. The summed E-state index contributed by atoms with van der Waals surface area (Å²) in [5.74, 6) is -0.447. The number of oxazole rings is 1. The Labute approximate surface area is 246 Å². The molecule has 0 radical (unpaired) electrons. The second kappa shape index (κ2) is 12.9. The minimum Gasteiger partial charge on any atom is -0.484 e. The average molecular weight is 608 g/mol. The first-order valence-electron chi connectivity index (χ1n) is 13.9. The van der Waals surface area contributed by atoms with Crippen molar-refractivity contribution in [2.45, 2.75) is 70.0 Å². The highest BCUT2D eigenvalue weighted by Crippen LogP contribution is 2.39. The molecule has 3 aromatic rings. The summed E-state index contributed by atoms with van der Waals surface area (Å²) in [6.07, 6.45) is 0.794. The van der Waals surface area contributed by atoms with E-state index < -0.39 is 24.1 Å². The molecule has 2 aromatic heterocycles. The first-order chi connectivity index (χ1) is 20.1. The number of carbonyl (C=O) groups is 1. The van der Waals surface area contributed by atoms with Gasteiger partial charge in [-0.25, -0.2) is 9.97 Å². The number of carbonyl (C=O) groups excluding carboxylic acids is 1. The summed E-state index contributed by atoms with van der Waals surface area (Å²) in [6.45, 7) is 1.75. The molecule has 9 nitrogen and oxygen atoms in total. The standard InChI is InChI=1S/C29H33ClF3N5O4/c30-26-22-8-10-38(13-17(22)1-6-25(26)41-15-21-12-35-16-42-21)14-20(39)11-24-23(27(34)40)7-9-36-28(24)37-19-4-2-18(3-5-19)29(31,32)33/h1,6-7,9,12,16,18-20,39H,2-5,8,10-11,13-15H2,(H2,34,40)(H,36,37)/t18?,19?,20-/m0/s1. The summed E-state index contributed by atoms with van der Waals surface area (Å²) in [5, 5.41) is 14.9. The summed E-state index contributed by atoms with van der Waals surface area (Å²) in [6, 6.07) is 5.05. The number of β-amino-alcohol motifs (C(OH)–C–C–N with tert-alkyl or cyclic N) is 1. The molecule has 1 aliphatic heterocycles. The quantitative estimate of drug-likeness (QED) is 0.297. The first-order valence-corrected chi connectivity index (χ1v) is 14.3. The van der Waals surface area contributed by atoms with Gasteiger partial charge in [0.05, 0.1) is 23.2 Å². The third kappa shape index (κ3) is 7.16. The summed E-state index contributed by atoms with van der Waals surface area (Å²) >= 11 is 6.65. The van der Waals surface area contributed by atoms with Gasteiger partial charge in [0.25, 0.3) is 0 Å². The largest absolute Gasteiger partial charge is 0.484 e. The van der Waals surface area contributed by atoms with Gasteiger partial charge in [-0.1, -0.05) is 17.7 Å². The van der Waals surface area contributed by atoms with Crippen molar-refractivity contribution in [2.24, 2.45) is 11.7 Å². The Kier molecular flexibility index (Phi) is 9.24. The summed E-state index contributed by atoms with van der Waals surface area (Å²) in [5.41, 5.74) is 8.34. The van der Waals surface area contributed by atoms with Crippen molar-refractivity contribution in [2.75, 3.05) is 18.4 Å². The molecule has 0 spiro atoms. The molecule has 1 aliphatic carbocycles. The Morgan fingerprint density at radius 2 is 2.05 bits per heavy atom. The number of anilines is 1. The van der Waals surface area contributed by atoms with E-state index in [0.717, 1.165) is 11.1 Å². The number of nitrogens with zero attached hydrogens (tertiary/aromatic N) is 3. The van der Waals surface area contributed by atoms with Crippen molar-refractivity contribution in [1.82, 2.24) is 14.9 Å². The third-order valence-electron chi connectivity index (χ3n) is 7.99. The number of hydrogen-bond acceptors (Lipinski definition) is 8. The lowest BCUT2D eigenvalue weighted by atomic mass is 9.85. The van der Waals surface area contributed by atoms with E-state index in [9.17, 15) is 23.1 Å². The Hall–Kier alpha value is -3.35. The van der Waals surface area contributed by atoms with E-state index in [1.165, 1.54) is 18.7 Å². The molecule has 1 saturated carbocycles. The highest BCUT2D eigenvalue weighted by molar-refractivity contribution is 6.33. The van der Waals surface area contributed by atoms with Gasteiger partial charge in [0.15, 0.2) is 12.2 Å². The topological polar surface area (TPSA) is 127 Å². The smallest absolute Gasteiger partial charge is 0.391 e. The Bertz CT molecular complexity index is 1380. The van der Waals surface area contributed by atoms with Crippen LogP contribution in [0.25, 0.3) is 0 Å². The minimum atomic E-state index is -4.20. The fourth-order valence-corrected chi connectivity index (χ4v) is 6.12. The Balaban J connectivity index is 1.22. The number of amides is 1. The van der Waals surface area contributed by atoms with Crippen LogP contribution in [0, 0.1) is 5.92 Å². The number of halogens is 4. The lowest BCUT2D eigenvalue weighted by molar-refractivity contribution is -0.182. The lowest BCUT2D eigenvalue weighted by Gasteiger charge is -2.32. The number of nitrogens with one attached hydrogen (secondary N) is 1. The van der Waals surface area contributed by atoms with Gasteiger partial charge in [0, 0.05) is 49.4 Å². The second-order valence-corrected chi connectivity index (χ2v) is 11.3. The number of benzene rings is 1. The maximum absolute atomic E-state index is 13.1. The zero-order valence-corrected chi connectivity index (χ0v) is 23.6. The number of hydrogen-bond donors (Lipinski definition) is 3. The first kappa shape index (κ1) is 30.1. The van der Waals surface area contributed by atoms with E-state index in [2.05, 4.69) is 20.2 Å². The van der Waals surface area contributed by atoms with E-state index in [1.54, 1.807) is 6.20 Å². The molecule has 2 aliphatic rings. The van der Waals surface area contributed by atoms with Crippen LogP contribution in [-0.4, -0.2) is 57.3 Å². The predicted octanol–water partition coefficient (Wildman–Crippen LogP) is 4.90. The summed E-state index contributed by atoms with van der Waals surface area (Å²) < 4.78 is 50.3. The zero-order valence-electron chi connectivity index (χ0n) is 22.9. The van der Waals surface area contributed by atoms with Crippen LogP contribution in [0.2, 0.25) is 5.02 Å². The number of aliphatic hydroxyl groups is 1. The molecule has 0 bridgehead atoms. The second-order valence-electron chi connectivity index (χ2n) is 10.9. The van der Waals surface area contributed by atoms with Crippen LogP contribution in [0.1, 0.15) is 58.5 Å². The number of primary amides is 1. The molecular weight excluding hydrogens is 575 g/mol. The van der Waals surface area contributed by atoms with Gasteiger partial charge in [0.1, 0.15) is 18.2 Å². The van der Waals surface area contributed by atoms with Crippen molar-refractivity contribution in [3.8, 4) is 5.75 Å². The maximum Gasteiger partial charge on any atom is 0.391 e. The predicted molar refractivity (Wildman–Crippen MR) is 149 cm³/mol. The number of fused-ring (bicyclic) bond motifs is 1. The number of rotatable bonds is 10. The van der Waals surface area contributed by atoms with Crippen LogP contribution in [0.4, 0.5) is 19.0 Å². The van der Waals surface area contributed by atoms with E-state index >= 15 is 0 Å². The maximum atomic E-state index is 13.1. The highest BCUT2D eigenvalue weighted by atomic mass is 35.5. The molecule has 4 N–H and O–H groups in total. The molecule has 0 unspecified atom stereocenters. The van der Waals surface area contributed by atoms with Crippen molar-refractivity contribution in [3.05, 3.63) is 70.0 Å². The Morgan fingerprint density at radius 1 is 1.26 bits per heavy atom. The monoisotopic (exact) mass is 607 g/mol. The van der Waals surface area contributed by atoms with Gasteiger partial charge in [-0.3, -0.25) is 9.69 Å². The van der Waals surface area contributed by atoms with E-state index in [4.69, 9.17) is 26.5 Å². The van der Waals surface area contributed by atoms with Crippen LogP contribution in [0.15, 0.2) is 41.4 Å². The van der Waals surface area contributed by atoms with Crippen LogP contribution in [-0.2, 0) is 26.0 Å². The SMILES string of the molecule is NC(=O)c1ccnc(NC2CCC(C(F)(F)F)CC2)c1C[C@H](O)CN1CCc2c(ccc(OCc3cnco3)c2Cl)C1. The molecule has 226 valence electrons. The van der Waals surface area contributed by atoms with E-state index in [1.807, 2.05) is 12.1 Å². The molecule has 42 heavy (non-hydrogen) atoms. The summed E-state index contributed by atoms with van der Waals surface area (Å²) in [7, 11) is 0. The van der Waals surface area contributed by atoms with Gasteiger partial charge >= 0.3 is 6.18 Å². The molecule has 1 aromatic carbocycles. The summed E-state index contributed by atoms with van der Waals surface area (Å²) in [4.78, 5) is 22.6. The number of pyridine rings is 1. The normalized spacial score (nSPS) is 20.1. The van der Waals surface area contributed by atoms with Crippen LogP contribution < -0.4 is 15.8 Å². The molecule has 1 fully saturated rings. The number of aromatic nitrogens is 2. The number of aliphatic hydroxyl groups excluding tert-OH is 1. The number of nitrogens with two attached hydrogens (primary N) is 1. The fraction of sp³-hybridized carbons (Fsp3) is 0.483. The van der Waals surface area contributed by atoms with Gasteiger partial charge in [-0.2, -0.15) is 13.2 Å². The fourth-order valence-electron chi connectivity index (χ4n) is 5.79. The number of ether oxygens (including phenoxy) is 1. The van der Waals surface area contributed by atoms with Crippen molar-refractivity contribution >= 4 is 23.3 Å². The van der Waals surface area contributed by atoms with Gasteiger partial charge in [-0.05, 0) is 55.4 Å². The van der Waals surface area contributed by atoms with Gasteiger partial charge < -0.3 is 25.3 Å². The van der Waals surface area contributed by atoms with E-state index in [0.29, 0.717) is 66.8 Å². The van der Waals surface area contributed by atoms with Gasteiger partial charge in [0.2, 0.25) is 5.91 Å². The van der Waals surface area contributed by atoms with Crippen LogP contribution in [0.3, 0.4) is 0 Å². The van der Waals surface area contributed by atoms with Crippen LogP contribution in [0.5, 0.6) is 5.75 Å². The van der Waals surface area contributed by atoms with Crippen molar-refractivity contribution in [3.63, 3.8) is 0 Å². The molecule has 13 heteroatoms. The molecule has 5 rings (SSSR count). The lowest BCUT2D eigenvalue weighted by Crippen LogP contribution is -2.38. The van der Waals surface area contributed by atoms with Crippen molar-refractivity contribution in [1.29, 1.82) is 0 Å². The molecule has 1 amide bonds. The third-order valence-corrected chi connectivity index (χ3v) is 8.41. The molecule has 3 heterocycles. The average Bonchev–Trinajstić information content (AvgIpc) is 3.47. The van der Waals surface area contributed by atoms with E-state index in [-0.39, 0.29) is 37.5 Å². The highest BCUT2D eigenvalue weighted by Gasteiger charge is 2.41. The molecule has 1 atom stereocenters. The van der Waals surface area contributed by atoms with Crippen molar-refractivity contribution < 1.29 is 32.2 Å². The Morgan fingerprint density at radius 3 is 2.74 bits per heavy atom. The number of alkyl halides is 3. The van der Waals surface area contributed by atoms with Crippen LogP contribution >= 0.6 is 11.6 Å². The zero-order chi connectivity index (χ0) is 29.9. The molecule has 0 saturated heterocycles. The molecular formula is C29H33ClF3N5O4. The van der Waals surface area contributed by atoms with Gasteiger partial charge in [-0.15, -0.1) is 0 Å².